The molecule has 1 saturated carbocycles. The highest BCUT2D eigenvalue weighted by molar-refractivity contribution is 7.13. The van der Waals surface area contributed by atoms with Gasteiger partial charge in [-0.1, -0.05) is 6.92 Å². The van der Waals surface area contributed by atoms with Gasteiger partial charge < -0.3 is 10.2 Å². The summed E-state index contributed by atoms with van der Waals surface area (Å²) < 4.78 is 0. The molecular weight excluding hydrogens is 298 g/mol. The van der Waals surface area contributed by atoms with Gasteiger partial charge in [0.1, 0.15) is 0 Å². The first-order valence-electron chi connectivity index (χ1n) is 8.22. The van der Waals surface area contributed by atoms with Crippen molar-refractivity contribution in [3.63, 3.8) is 0 Å². The summed E-state index contributed by atoms with van der Waals surface area (Å²) in [5.74, 6) is 0.402. The molecule has 1 N–H and O–H groups in total. The molecule has 2 fully saturated rings. The average molecular weight is 321 g/mol. The van der Waals surface area contributed by atoms with Crippen LogP contribution in [0.1, 0.15) is 51.1 Å². The van der Waals surface area contributed by atoms with Crippen molar-refractivity contribution >= 4 is 28.3 Å². The van der Waals surface area contributed by atoms with Gasteiger partial charge in [0.15, 0.2) is 5.13 Å². The fourth-order valence-corrected chi connectivity index (χ4v) is 3.72. The topological polar surface area (TPSA) is 62.3 Å². The molecule has 0 unspecified atom stereocenters. The summed E-state index contributed by atoms with van der Waals surface area (Å²) in [5.41, 5.74) is 0.765. The Labute approximate surface area is 135 Å². The van der Waals surface area contributed by atoms with E-state index in [9.17, 15) is 9.59 Å². The second-order valence-electron chi connectivity index (χ2n) is 6.23. The van der Waals surface area contributed by atoms with Crippen LogP contribution in [0.15, 0.2) is 5.38 Å². The van der Waals surface area contributed by atoms with Gasteiger partial charge in [-0.05, 0) is 38.5 Å². The maximum Gasteiger partial charge on any atom is 0.229 e. The zero-order valence-electron chi connectivity index (χ0n) is 13.0. The number of likely N-dealkylation sites (tertiary alicyclic amines) is 1. The number of piperidine rings is 1. The fraction of sp³-hybridized carbons (Fsp3) is 0.688. The molecule has 5 nitrogen and oxygen atoms in total. The summed E-state index contributed by atoms with van der Waals surface area (Å²) in [7, 11) is 0. The van der Waals surface area contributed by atoms with E-state index in [0.717, 1.165) is 44.3 Å². The largest absolute Gasteiger partial charge is 0.339 e. The van der Waals surface area contributed by atoms with Crippen LogP contribution in [0.25, 0.3) is 0 Å². The van der Waals surface area contributed by atoms with Gasteiger partial charge in [0.05, 0.1) is 12.1 Å². The molecule has 1 aromatic rings. The minimum absolute atomic E-state index is 0.0642. The average Bonchev–Trinajstić information content (AvgIpc) is 3.30. The number of nitrogens with one attached hydrogen (secondary N) is 1. The van der Waals surface area contributed by atoms with Gasteiger partial charge in [-0.15, -0.1) is 11.3 Å². The Morgan fingerprint density at radius 3 is 2.91 bits per heavy atom. The van der Waals surface area contributed by atoms with Gasteiger partial charge in [-0.2, -0.15) is 0 Å². The molecule has 2 aliphatic rings. The number of nitrogens with zero attached hydrogens (tertiary/aromatic N) is 2. The molecule has 0 spiro atoms. The van der Waals surface area contributed by atoms with E-state index in [1.54, 1.807) is 0 Å². The summed E-state index contributed by atoms with van der Waals surface area (Å²) in [6.45, 7) is 3.01. The molecule has 2 amide bonds. The van der Waals surface area contributed by atoms with E-state index >= 15 is 0 Å². The van der Waals surface area contributed by atoms with Crippen LogP contribution in [0, 0.1) is 5.92 Å². The molecule has 1 saturated heterocycles. The first-order chi connectivity index (χ1) is 10.7. The second kappa shape index (κ2) is 6.77. The molecule has 1 aromatic heterocycles. The lowest BCUT2D eigenvalue weighted by Gasteiger charge is -2.35. The predicted octanol–water partition coefficient (Wildman–Crippen LogP) is 2.83. The Hall–Kier alpha value is -1.43. The van der Waals surface area contributed by atoms with Gasteiger partial charge in [-0.25, -0.2) is 4.98 Å². The Balaban J connectivity index is 1.56. The maximum absolute atomic E-state index is 12.5. The van der Waals surface area contributed by atoms with Gasteiger partial charge in [-0.3, -0.25) is 9.59 Å². The normalized spacial score (nSPS) is 21.7. The summed E-state index contributed by atoms with van der Waals surface area (Å²) >= 11 is 1.40. The van der Waals surface area contributed by atoms with E-state index in [1.807, 2.05) is 10.3 Å². The molecule has 1 aliphatic heterocycles. The number of hydrogen-bond acceptors (Lipinski definition) is 4. The summed E-state index contributed by atoms with van der Waals surface area (Å²) in [4.78, 5) is 30.6. The highest BCUT2D eigenvalue weighted by atomic mass is 32.1. The second-order valence-corrected chi connectivity index (χ2v) is 7.09. The molecular formula is C16H23N3O2S. The van der Waals surface area contributed by atoms with E-state index in [0.29, 0.717) is 17.6 Å². The van der Waals surface area contributed by atoms with Crippen molar-refractivity contribution in [2.45, 2.75) is 57.9 Å². The lowest BCUT2D eigenvalue weighted by Crippen LogP contribution is -2.44. The zero-order chi connectivity index (χ0) is 15.5. The Kier molecular flexibility index (Phi) is 4.76. The van der Waals surface area contributed by atoms with Crippen LogP contribution in [0.5, 0.6) is 0 Å². The Morgan fingerprint density at radius 2 is 2.18 bits per heavy atom. The molecule has 22 heavy (non-hydrogen) atoms. The quantitative estimate of drug-likeness (QED) is 0.907. The van der Waals surface area contributed by atoms with Gasteiger partial charge in [0.2, 0.25) is 11.8 Å². The van der Waals surface area contributed by atoms with E-state index in [1.165, 1.54) is 17.8 Å². The molecule has 1 atom stereocenters. The van der Waals surface area contributed by atoms with Crippen LogP contribution in [-0.2, 0) is 16.0 Å². The number of carbonyl (C=O) groups excluding carboxylic acids is 2. The van der Waals surface area contributed by atoms with E-state index < -0.39 is 0 Å². The summed E-state index contributed by atoms with van der Waals surface area (Å²) in [5, 5.41) is 5.34. The Morgan fingerprint density at radius 1 is 1.36 bits per heavy atom. The predicted molar refractivity (Wildman–Crippen MR) is 86.8 cm³/mol. The zero-order valence-corrected chi connectivity index (χ0v) is 13.8. The third kappa shape index (κ3) is 3.66. The van der Waals surface area contributed by atoms with E-state index in [2.05, 4.69) is 17.2 Å². The third-order valence-electron chi connectivity index (χ3n) is 4.48. The number of anilines is 1. The standard InChI is InChI=1S/C16H23N3O2S/c1-2-13-5-3-4-8-19(13)14(20)9-12-10-22-16(17-12)18-15(21)11-6-7-11/h10-11,13H,2-9H2,1H3,(H,17,18,21)/t13-/m0/s1. The van der Waals surface area contributed by atoms with Crippen LogP contribution in [0.2, 0.25) is 0 Å². The van der Waals surface area contributed by atoms with E-state index in [4.69, 9.17) is 0 Å². The highest BCUT2D eigenvalue weighted by Crippen LogP contribution is 2.30. The maximum atomic E-state index is 12.5. The van der Waals surface area contributed by atoms with Crippen LogP contribution < -0.4 is 5.32 Å². The number of hydrogen-bond donors (Lipinski definition) is 1. The number of amides is 2. The minimum atomic E-state index is 0.0642. The molecule has 0 radical (unpaired) electrons. The fourth-order valence-electron chi connectivity index (χ4n) is 3.01. The summed E-state index contributed by atoms with van der Waals surface area (Å²) in [6, 6.07) is 0.383. The van der Waals surface area contributed by atoms with Crippen LogP contribution in [0.4, 0.5) is 5.13 Å². The van der Waals surface area contributed by atoms with E-state index in [-0.39, 0.29) is 17.7 Å². The van der Waals surface area contributed by atoms with Crippen molar-refractivity contribution < 1.29 is 9.59 Å². The van der Waals surface area contributed by atoms with Crippen LogP contribution in [0.3, 0.4) is 0 Å². The number of aromatic nitrogens is 1. The smallest absolute Gasteiger partial charge is 0.229 e. The highest BCUT2D eigenvalue weighted by Gasteiger charge is 2.30. The molecule has 2 heterocycles. The molecule has 1 aliphatic carbocycles. The first-order valence-corrected chi connectivity index (χ1v) is 9.10. The number of rotatable bonds is 5. The monoisotopic (exact) mass is 321 g/mol. The lowest BCUT2D eigenvalue weighted by molar-refractivity contribution is -0.134. The number of carbonyl (C=O) groups is 2. The lowest BCUT2D eigenvalue weighted by atomic mass is 9.99. The van der Waals surface area contributed by atoms with Crippen molar-refractivity contribution in [1.29, 1.82) is 0 Å². The molecule has 120 valence electrons. The molecule has 0 aromatic carbocycles. The van der Waals surface area contributed by atoms with Crippen LogP contribution in [-0.4, -0.2) is 34.3 Å². The van der Waals surface area contributed by atoms with Crippen molar-refractivity contribution in [3.8, 4) is 0 Å². The van der Waals surface area contributed by atoms with Gasteiger partial charge in [0.25, 0.3) is 0 Å². The molecule has 6 heteroatoms. The van der Waals surface area contributed by atoms with Crippen molar-refractivity contribution in [2.75, 3.05) is 11.9 Å². The van der Waals surface area contributed by atoms with Gasteiger partial charge >= 0.3 is 0 Å². The molecule has 0 bridgehead atoms. The van der Waals surface area contributed by atoms with Crippen molar-refractivity contribution in [1.82, 2.24) is 9.88 Å². The summed E-state index contributed by atoms with van der Waals surface area (Å²) in [6.07, 6.45) is 6.75. The SMILES string of the molecule is CC[C@H]1CCCCN1C(=O)Cc1csc(NC(=O)C2CC2)n1. The minimum Gasteiger partial charge on any atom is -0.339 e. The van der Waals surface area contributed by atoms with Gasteiger partial charge in [0, 0.05) is 23.9 Å². The number of thiazole rings is 1. The van der Waals surface area contributed by atoms with Crippen molar-refractivity contribution in [2.24, 2.45) is 5.92 Å². The van der Waals surface area contributed by atoms with Crippen LogP contribution >= 0.6 is 11.3 Å². The first kappa shape index (κ1) is 15.5. The Bertz CT molecular complexity index is 553. The molecule has 3 rings (SSSR count). The third-order valence-corrected chi connectivity index (χ3v) is 5.29. The van der Waals surface area contributed by atoms with Crippen molar-refractivity contribution in [3.05, 3.63) is 11.1 Å².